The SMILES string of the molecule is CC[C@H]1C[C@@H](C(=O)NCCNC(=O)NCCCC(=O)[C@@H]2C[C@H](CC)[C@@H](O[C@@H]3O[C@@H](C)[C@@H](O)[C@@H](O)[C@@H]3O)[C@H](O[C@@H]3O[C@H](CO)[C@H](O)[C@H](O[C@@H](CC4CCCCC4)C(=O)O)[C@H]3NC(C)=O)C2)C[C@@H](O[C@@H]2O[C@H](CO)[C@H](O)[C@H](O[C@@H](CC3CCCCC3)C(=O)O)[C@H]2C)[C@@H]1O[C@@H]1O[C@@H](C)[C@@H](O)[C@@H](O)[C@@H]1O. The summed E-state index contributed by atoms with van der Waals surface area (Å²) in [5.41, 5.74) is 0. The van der Waals surface area contributed by atoms with Crippen LogP contribution in [0.4, 0.5) is 4.79 Å². The van der Waals surface area contributed by atoms with Crippen molar-refractivity contribution in [1.82, 2.24) is 21.3 Å². The van der Waals surface area contributed by atoms with Gasteiger partial charge in [-0.3, -0.25) is 14.4 Å². The number of carboxylic acid groups (broad SMARTS) is 2. The van der Waals surface area contributed by atoms with Crippen LogP contribution >= 0.6 is 0 Å². The maximum Gasteiger partial charge on any atom is 0.332 e. The number of nitrogens with one attached hydrogen (secondary N) is 4. The van der Waals surface area contributed by atoms with E-state index in [9.17, 15) is 90.0 Å². The monoisotopic (exact) mass is 1450 g/mol. The largest absolute Gasteiger partial charge is 0.479 e. The molecule has 0 radical (unpaired) electrons. The maximum absolute atomic E-state index is 14.3. The maximum atomic E-state index is 14.3. The Hall–Kier alpha value is -3.98. The molecule has 101 heavy (non-hydrogen) atoms. The number of hydrogen-bond donors (Lipinski definition) is 16. The van der Waals surface area contributed by atoms with Crippen molar-refractivity contribution in [3.05, 3.63) is 0 Å². The fraction of sp³-hybridized carbons (Fsp3) is 0.913. The first-order valence-electron chi connectivity index (χ1n) is 36.9. The van der Waals surface area contributed by atoms with Crippen molar-refractivity contribution in [2.45, 2.75) is 323 Å². The Balaban J connectivity index is 0.887. The number of carbonyl (C=O) groups excluding carboxylic acids is 4. The van der Waals surface area contributed by atoms with E-state index in [1.54, 1.807) is 6.92 Å². The molecule has 4 aliphatic carbocycles. The van der Waals surface area contributed by atoms with Crippen LogP contribution in [0.5, 0.6) is 0 Å². The molecule has 32 nitrogen and oxygen atoms in total. The number of urea groups is 1. The van der Waals surface area contributed by atoms with E-state index < -0.39 is 226 Å². The lowest BCUT2D eigenvalue weighted by atomic mass is 9.74. The number of aliphatic carboxylic acids is 2. The third-order valence-electron chi connectivity index (χ3n) is 22.3. The molecular weight excluding hydrogens is 1330 g/mol. The minimum absolute atomic E-state index is 0.0124. The Labute approximate surface area is 589 Å². The predicted molar refractivity (Wildman–Crippen MR) is 351 cm³/mol. The molecule has 4 saturated heterocycles. The molecule has 0 spiro atoms. The summed E-state index contributed by atoms with van der Waals surface area (Å²) in [6.07, 6.45) is -21.8. The zero-order chi connectivity index (χ0) is 73.5. The standard InChI is InChI=1S/C69H116N4O28/c1-7-38-26-40(28-43(59(38)100-67-56(84)54(82)50(78)33(4)92-67)97-66-49(73-35(6)76)61(53(81)48(31-75)99-66)95-46(64(89)90)25-37-18-13-10-14-19-37)42(77)20-15-21-71-69(91)72-23-22-70-62(86)41-27-39(8-2)60(101-68-57(85)55(83)51(79)34(5)93-68)44(29-41)96-65-32(3)58(52(80)47(30-74)98-65)94-45(63(87)88)24-36-16-11-9-12-17-36/h32-34,36-41,43-61,65-68,74-75,78-85H,7-31H2,1-6H3,(H,70,86)(H,73,76)(H,87,88)(H,89,90)(H2,71,72,91)/t32-,33+,34+,38+,39+,40-,41-,43-,44-,45+,46+,47-,48-,49-,50-,51-,52+,53+,54-,55-,56+,57+,58-,59-,60-,61-,65-,66-,67+,68+/m1/s1. The predicted octanol–water partition coefficient (Wildman–Crippen LogP) is -0.266. The van der Waals surface area contributed by atoms with Crippen molar-refractivity contribution in [1.29, 1.82) is 0 Å². The summed E-state index contributed by atoms with van der Waals surface area (Å²) >= 11 is 0. The number of carbonyl (C=O) groups is 6. The van der Waals surface area contributed by atoms with Gasteiger partial charge in [0.05, 0.1) is 55.9 Å². The molecule has 0 aromatic carbocycles. The minimum Gasteiger partial charge on any atom is -0.479 e. The van der Waals surface area contributed by atoms with Crippen LogP contribution in [0.25, 0.3) is 0 Å². The second-order valence-corrected chi connectivity index (χ2v) is 29.5. The van der Waals surface area contributed by atoms with Crippen molar-refractivity contribution < 1.29 is 137 Å². The van der Waals surface area contributed by atoms with Crippen molar-refractivity contribution in [3.8, 4) is 0 Å². The molecule has 32 heteroatoms. The number of carboxylic acids is 2. The van der Waals surface area contributed by atoms with Crippen LogP contribution in [0, 0.1) is 41.4 Å². The smallest absolute Gasteiger partial charge is 0.332 e. The van der Waals surface area contributed by atoms with E-state index in [1.807, 2.05) is 13.8 Å². The van der Waals surface area contributed by atoms with E-state index in [-0.39, 0.29) is 88.6 Å². The van der Waals surface area contributed by atoms with Crippen molar-refractivity contribution in [3.63, 3.8) is 0 Å². The van der Waals surface area contributed by atoms with Gasteiger partial charge >= 0.3 is 18.0 Å². The number of hydrogen-bond acceptors (Lipinski definition) is 26. The van der Waals surface area contributed by atoms with E-state index in [0.29, 0.717) is 12.8 Å². The number of aliphatic hydroxyl groups is 10. The Kier molecular flexibility index (Phi) is 32.0. The summed E-state index contributed by atoms with van der Waals surface area (Å²) in [5, 5.41) is 141. The van der Waals surface area contributed by atoms with E-state index in [0.717, 1.165) is 64.2 Å². The highest BCUT2D eigenvalue weighted by molar-refractivity contribution is 5.81. The summed E-state index contributed by atoms with van der Waals surface area (Å²) in [7, 11) is 0. The number of rotatable bonds is 32. The second-order valence-electron chi connectivity index (χ2n) is 29.5. The molecule has 30 atom stereocenters. The van der Waals surface area contributed by atoms with Gasteiger partial charge in [-0.15, -0.1) is 0 Å². The highest BCUT2D eigenvalue weighted by Crippen LogP contribution is 2.44. The van der Waals surface area contributed by atoms with Gasteiger partial charge in [0.25, 0.3) is 0 Å². The highest BCUT2D eigenvalue weighted by Gasteiger charge is 2.55. The third kappa shape index (κ3) is 21.6. The Morgan fingerprint density at radius 3 is 1.42 bits per heavy atom. The zero-order valence-electron chi connectivity index (χ0n) is 59.1. The fourth-order valence-electron chi connectivity index (χ4n) is 16.3. The molecule has 0 bridgehead atoms. The quantitative estimate of drug-likeness (QED) is 0.0386. The lowest BCUT2D eigenvalue weighted by Gasteiger charge is -2.49. The van der Waals surface area contributed by atoms with Crippen LogP contribution in [0.1, 0.15) is 170 Å². The number of aliphatic hydroxyl groups excluding tert-OH is 10. The first-order valence-corrected chi connectivity index (χ1v) is 36.9. The molecule has 0 unspecified atom stereocenters. The van der Waals surface area contributed by atoms with Gasteiger partial charge in [0.2, 0.25) is 11.8 Å². The molecule has 0 aromatic rings. The molecule has 8 rings (SSSR count). The fourth-order valence-corrected chi connectivity index (χ4v) is 16.3. The van der Waals surface area contributed by atoms with Gasteiger partial charge in [0, 0.05) is 50.7 Å². The van der Waals surface area contributed by atoms with Gasteiger partial charge in [0.1, 0.15) is 79.0 Å². The topological polar surface area (TPSA) is 486 Å². The number of Topliss-reactive ketones (excluding diaryl/α,β-unsaturated/α-hetero) is 1. The summed E-state index contributed by atoms with van der Waals surface area (Å²) in [6, 6.07) is -1.98. The molecule has 8 aliphatic rings. The van der Waals surface area contributed by atoms with Crippen LogP contribution in [0.3, 0.4) is 0 Å². The average molecular weight is 1450 g/mol. The Morgan fingerprint density at radius 2 is 0.931 bits per heavy atom. The highest BCUT2D eigenvalue weighted by atomic mass is 16.7. The van der Waals surface area contributed by atoms with E-state index in [2.05, 4.69) is 21.3 Å². The zero-order valence-corrected chi connectivity index (χ0v) is 59.1. The van der Waals surface area contributed by atoms with Gasteiger partial charge in [-0.25, -0.2) is 14.4 Å². The molecule has 4 amide bonds. The van der Waals surface area contributed by atoms with Gasteiger partial charge in [-0.05, 0) is 82.5 Å². The van der Waals surface area contributed by atoms with Crippen LogP contribution in [0.15, 0.2) is 0 Å². The molecule has 0 aromatic heterocycles. The van der Waals surface area contributed by atoms with E-state index in [4.69, 9.17) is 47.4 Å². The average Bonchev–Trinajstić information content (AvgIpc) is 0.781. The Morgan fingerprint density at radius 1 is 0.485 bits per heavy atom. The molecule has 16 N–H and O–H groups in total. The van der Waals surface area contributed by atoms with Crippen LogP contribution < -0.4 is 21.3 Å². The molecule has 580 valence electrons. The van der Waals surface area contributed by atoms with Crippen molar-refractivity contribution in [2.24, 2.45) is 41.4 Å². The summed E-state index contributed by atoms with van der Waals surface area (Å²) in [5.74, 6) is -6.88. The Bertz CT molecular complexity index is 2610. The molecule has 4 aliphatic heterocycles. The molecule has 4 saturated carbocycles. The van der Waals surface area contributed by atoms with Gasteiger partial charge in [0.15, 0.2) is 37.4 Å². The summed E-state index contributed by atoms with van der Waals surface area (Å²) in [4.78, 5) is 80.1. The number of ether oxygens (including phenoxy) is 10. The summed E-state index contributed by atoms with van der Waals surface area (Å²) in [6.45, 7) is 8.08. The number of amides is 4. The lowest BCUT2D eigenvalue weighted by Crippen LogP contribution is -2.67. The molecule has 8 fully saturated rings. The van der Waals surface area contributed by atoms with Crippen LogP contribution in [-0.4, -0.2) is 283 Å². The van der Waals surface area contributed by atoms with Gasteiger partial charge < -0.3 is 130 Å². The van der Waals surface area contributed by atoms with Crippen LogP contribution in [-0.2, 0) is 71.3 Å². The third-order valence-corrected chi connectivity index (χ3v) is 22.3. The summed E-state index contributed by atoms with van der Waals surface area (Å²) < 4.78 is 62.9. The lowest BCUT2D eigenvalue weighted by molar-refractivity contribution is -0.343. The molecular formula is C69H116N4O28. The normalized spacial score (nSPS) is 40.4. The van der Waals surface area contributed by atoms with Gasteiger partial charge in [-0.1, -0.05) is 97.8 Å². The van der Waals surface area contributed by atoms with Gasteiger partial charge in [-0.2, -0.15) is 0 Å². The van der Waals surface area contributed by atoms with Crippen molar-refractivity contribution in [2.75, 3.05) is 32.8 Å². The van der Waals surface area contributed by atoms with E-state index in [1.165, 1.54) is 20.8 Å². The second kappa shape index (κ2) is 39.0. The minimum atomic E-state index is -1.73. The van der Waals surface area contributed by atoms with Crippen LogP contribution in [0.2, 0.25) is 0 Å². The number of ketones is 1. The van der Waals surface area contributed by atoms with Crippen molar-refractivity contribution >= 4 is 35.6 Å². The first-order chi connectivity index (χ1) is 48.2. The molecule has 4 heterocycles. The van der Waals surface area contributed by atoms with E-state index >= 15 is 0 Å². The first kappa shape index (κ1) is 82.7.